The lowest BCUT2D eigenvalue weighted by molar-refractivity contribution is 0.172. The first-order valence-electron chi connectivity index (χ1n) is 7.29. The highest BCUT2D eigenvalue weighted by molar-refractivity contribution is 5.36. The molecule has 0 bridgehead atoms. The lowest BCUT2D eigenvalue weighted by atomic mass is 9.93. The second kappa shape index (κ2) is 6.92. The second-order valence-corrected chi connectivity index (χ2v) is 5.61. The highest BCUT2D eigenvalue weighted by Crippen LogP contribution is 2.25. The largest absolute Gasteiger partial charge is 0.496 e. The molecule has 0 unspecified atom stereocenters. The number of aryl methyl sites for hydroxylation is 1. The number of hydrogen-bond acceptors (Lipinski definition) is 3. The zero-order valence-electron chi connectivity index (χ0n) is 12.2. The second-order valence-electron chi connectivity index (χ2n) is 5.61. The normalized spacial score (nSPS) is 17.6. The van der Waals surface area contributed by atoms with Gasteiger partial charge in [0.2, 0.25) is 0 Å². The van der Waals surface area contributed by atoms with E-state index in [2.05, 4.69) is 30.0 Å². The standard InChI is InChI=1S/C16H26N2O/c1-13-3-4-16(19-2)15(11-13)12-18-9-6-14(5-8-17)7-10-18/h3-4,11,14H,5-10,12,17H2,1-2H3. The van der Waals surface area contributed by atoms with Crippen molar-refractivity contribution >= 4 is 0 Å². The number of hydrogen-bond donors (Lipinski definition) is 1. The van der Waals surface area contributed by atoms with Crippen molar-refractivity contribution in [3.8, 4) is 5.75 Å². The molecule has 1 saturated heterocycles. The van der Waals surface area contributed by atoms with Crippen LogP contribution in [0, 0.1) is 12.8 Å². The van der Waals surface area contributed by atoms with Gasteiger partial charge in [0.15, 0.2) is 0 Å². The lowest BCUT2D eigenvalue weighted by Gasteiger charge is -2.32. The van der Waals surface area contributed by atoms with Crippen LogP contribution in [-0.4, -0.2) is 31.6 Å². The molecule has 0 amide bonds. The van der Waals surface area contributed by atoms with E-state index in [9.17, 15) is 0 Å². The van der Waals surface area contributed by atoms with E-state index in [1.165, 1.54) is 43.5 Å². The van der Waals surface area contributed by atoms with Crippen molar-refractivity contribution in [3.05, 3.63) is 29.3 Å². The fourth-order valence-electron chi connectivity index (χ4n) is 2.94. The number of piperidine rings is 1. The van der Waals surface area contributed by atoms with E-state index >= 15 is 0 Å². The zero-order chi connectivity index (χ0) is 13.7. The summed E-state index contributed by atoms with van der Waals surface area (Å²) in [7, 11) is 1.75. The highest BCUT2D eigenvalue weighted by Gasteiger charge is 2.19. The van der Waals surface area contributed by atoms with E-state index in [-0.39, 0.29) is 0 Å². The van der Waals surface area contributed by atoms with Gasteiger partial charge in [0.1, 0.15) is 5.75 Å². The molecule has 1 fully saturated rings. The third kappa shape index (κ3) is 3.95. The molecule has 0 aromatic heterocycles. The topological polar surface area (TPSA) is 38.5 Å². The van der Waals surface area contributed by atoms with Gasteiger partial charge < -0.3 is 10.5 Å². The van der Waals surface area contributed by atoms with E-state index in [1.807, 2.05) is 0 Å². The van der Waals surface area contributed by atoms with E-state index in [0.29, 0.717) is 0 Å². The molecule has 0 radical (unpaired) electrons. The molecule has 0 saturated carbocycles. The summed E-state index contributed by atoms with van der Waals surface area (Å²) in [6.07, 6.45) is 3.75. The molecular formula is C16H26N2O. The predicted octanol–water partition coefficient (Wildman–Crippen LogP) is 2.56. The van der Waals surface area contributed by atoms with Gasteiger partial charge in [-0.2, -0.15) is 0 Å². The molecule has 1 aromatic rings. The Kier molecular flexibility index (Phi) is 5.23. The molecule has 1 heterocycles. The summed E-state index contributed by atoms with van der Waals surface area (Å²) in [4.78, 5) is 2.53. The molecule has 19 heavy (non-hydrogen) atoms. The molecule has 1 aliphatic heterocycles. The maximum absolute atomic E-state index is 5.64. The van der Waals surface area contributed by atoms with Crippen LogP contribution < -0.4 is 10.5 Å². The lowest BCUT2D eigenvalue weighted by Crippen LogP contribution is -2.34. The molecule has 106 valence electrons. The molecule has 3 heteroatoms. The number of rotatable bonds is 5. The first-order chi connectivity index (χ1) is 9.22. The first-order valence-corrected chi connectivity index (χ1v) is 7.29. The number of ether oxygens (including phenoxy) is 1. The fourth-order valence-corrected chi connectivity index (χ4v) is 2.94. The fraction of sp³-hybridized carbons (Fsp3) is 0.625. The Morgan fingerprint density at radius 2 is 2.05 bits per heavy atom. The molecule has 0 atom stereocenters. The van der Waals surface area contributed by atoms with Crippen molar-refractivity contribution in [1.82, 2.24) is 4.90 Å². The summed E-state index contributed by atoms with van der Waals surface area (Å²) < 4.78 is 5.46. The number of nitrogens with zero attached hydrogens (tertiary/aromatic N) is 1. The Balaban J connectivity index is 1.93. The number of methoxy groups -OCH3 is 1. The van der Waals surface area contributed by atoms with Gasteiger partial charge in [-0.25, -0.2) is 0 Å². The van der Waals surface area contributed by atoms with Gasteiger partial charge in [-0.1, -0.05) is 17.7 Å². The van der Waals surface area contributed by atoms with Crippen molar-refractivity contribution in [1.29, 1.82) is 0 Å². The van der Waals surface area contributed by atoms with Gasteiger partial charge in [-0.3, -0.25) is 4.90 Å². The molecule has 2 N–H and O–H groups in total. The molecule has 1 aliphatic rings. The molecule has 2 rings (SSSR count). The van der Waals surface area contributed by atoms with Gasteiger partial charge in [-0.15, -0.1) is 0 Å². The van der Waals surface area contributed by atoms with E-state index < -0.39 is 0 Å². The molecule has 0 aliphatic carbocycles. The monoisotopic (exact) mass is 262 g/mol. The minimum absolute atomic E-state index is 0.830. The Morgan fingerprint density at radius 1 is 1.32 bits per heavy atom. The minimum atomic E-state index is 0.830. The van der Waals surface area contributed by atoms with Crippen molar-refractivity contribution in [2.24, 2.45) is 11.7 Å². The molecular weight excluding hydrogens is 236 g/mol. The summed E-state index contributed by atoms with van der Waals surface area (Å²) in [6, 6.07) is 6.42. The first kappa shape index (κ1) is 14.4. The predicted molar refractivity (Wildman–Crippen MR) is 79.4 cm³/mol. The summed E-state index contributed by atoms with van der Waals surface area (Å²) in [6.45, 7) is 6.33. The van der Waals surface area contributed by atoms with Crippen LogP contribution in [0.15, 0.2) is 18.2 Å². The third-order valence-electron chi connectivity index (χ3n) is 4.11. The maximum Gasteiger partial charge on any atom is 0.123 e. The van der Waals surface area contributed by atoms with E-state index in [4.69, 9.17) is 10.5 Å². The van der Waals surface area contributed by atoms with Gasteiger partial charge in [0.25, 0.3) is 0 Å². The summed E-state index contributed by atoms with van der Waals surface area (Å²) in [5.41, 5.74) is 8.25. The van der Waals surface area contributed by atoms with Gasteiger partial charge in [-0.05, 0) is 57.8 Å². The van der Waals surface area contributed by atoms with E-state index in [0.717, 1.165) is 24.8 Å². The Morgan fingerprint density at radius 3 is 2.68 bits per heavy atom. The quantitative estimate of drug-likeness (QED) is 0.886. The molecule has 3 nitrogen and oxygen atoms in total. The average Bonchev–Trinajstić information content (AvgIpc) is 2.42. The van der Waals surface area contributed by atoms with Crippen molar-refractivity contribution in [2.45, 2.75) is 32.7 Å². The molecule has 1 aromatic carbocycles. The maximum atomic E-state index is 5.64. The highest BCUT2D eigenvalue weighted by atomic mass is 16.5. The SMILES string of the molecule is COc1ccc(C)cc1CN1CCC(CCN)CC1. The zero-order valence-corrected chi connectivity index (χ0v) is 12.2. The van der Waals surface area contributed by atoms with E-state index in [1.54, 1.807) is 7.11 Å². The van der Waals surface area contributed by atoms with Gasteiger partial charge in [0.05, 0.1) is 7.11 Å². The number of likely N-dealkylation sites (tertiary alicyclic amines) is 1. The third-order valence-corrected chi connectivity index (χ3v) is 4.11. The average molecular weight is 262 g/mol. The van der Waals surface area contributed by atoms with Crippen LogP contribution in [0.5, 0.6) is 5.75 Å². The Hall–Kier alpha value is -1.06. The van der Waals surface area contributed by atoms with Crippen LogP contribution in [-0.2, 0) is 6.54 Å². The van der Waals surface area contributed by atoms with Crippen LogP contribution in [0.1, 0.15) is 30.4 Å². The Bertz CT molecular complexity index is 398. The van der Waals surface area contributed by atoms with Crippen molar-refractivity contribution in [3.63, 3.8) is 0 Å². The van der Waals surface area contributed by atoms with Crippen LogP contribution in [0.2, 0.25) is 0 Å². The van der Waals surface area contributed by atoms with Crippen LogP contribution in [0.3, 0.4) is 0 Å². The minimum Gasteiger partial charge on any atom is -0.496 e. The number of nitrogens with two attached hydrogens (primary N) is 1. The van der Waals surface area contributed by atoms with Gasteiger partial charge in [0, 0.05) is 12.1 Å². The van der Waals surface area contributed by atoms with Gasteiger partial charge >= 0.3 is 0 Å². The van der Waals surface area contributed by atoms with Crippen LogP contribution in [0.4, 0.5) is 0 Å². The van der Waals surface area contributed by atoms with Crippen molar-refractivity contribution in [2.75, 3.05) is 26.7 Å². The van der Waals surface area contributed by atoms with Crippen LogP contribution >= 0.6 is 0 Å². The van der Waals surface area contributed by atoms with Crippen LogP contribution in [0.25, 0.3) is 0 Å². The summed E-state index contributed by atoms with van der Waals surface area (Å²) >= 11 is 0. The molecule has 0 spiro atoms. The van der Waals surface area contributed by atoms with Crippen molar-refractivity contribution < 1.29 is 4.74 Å². The Labute approximate surface area is 116 Å². The number of benzene rings is 1. The summed E-state index contributed by atoms with van der Waals surface area (Å²) in [5, 5.41) is 0. The smallest absolute Gasteiger partial charge is 0.123 e. The summed E-state index contributed by atoms with van der Waals surface area (Å²) in [5.74, 6) is 1.84.